The molecule has 1 aliphatic heterocycles. The molecule has 4 heteroatoms. The van der Waals surface area contributed by atoms with Crippen LogP contribution >= 0.6 is 11.6 Å². The standard InChI is InChI=1S/C16H13ClO3/c17-14-6-2-4-12(10-14)15(18)11-3-1-5-13(9-11)16-19-7-8-20-16/h1-6,9-10,16H,7-8H2. The van der Waals surface area contributed by atoms with Crippen LogP contribution < -0.4 is 0 Å². The highest BCUT2D eigenvalue weighted by molar-refractivity contribution is 6.31. The van der Waals surface area contributed by atoms with Crippen molar-refractivity contribution < 1.29 is 14.3 Å². The first-order valence-corrected chi connectivity index (χ1v) is 6.75. The fraction of sp³-hybridized carbons (Fsp3) is 0.188. The van der Waals surface area contributed by atoms with E-state index in [2.05, 4.69) is 0 Å². The van der Waals surface area contributed by atoms with E-state index in [-0.39, 0.29) is 12.1 Å². The third-order valence-electron chi connectivity index (χ3n) is 3.13. The Morgan fingerprint density at radius 3 is 2.35 bits per heavy atom. The van der Waals surface area contributed by atoms with Crippen LogP contribution in [-0.4, -0.2) is 19.0 Å². The summed E-state index contributed by atoms with van der Waals surface area (Å²) in [6, 6.07) is 14.2. The molecule has 1 heterocycles. The molecule has 1 saturated heterocycles. The quantitative estimate of drug-likeness (QED) is 0.809. The molecule has 0 aromatic heterocycles. The lowest BCUT2D eigenvalue weighted by Crippen LogP contribution is -2.04. The minimum absolute atomic E-state index is 0.0626. The molecule has 2 aromatic carbocycles. The van der Waals surface area contributed by atoms with Gasteiger partial charge in [0.15, 0.2) is 12.1 Å². The second-order valence-electron chi connectivity index (χ2n) is 4.54. The second kappa shape index (κ2) is 5.75. The lowest BCUT2D eigenvalue weighted by molar-refractivity contribution is -0.0441. The van der Waals surface area contributed by atoms with Crippen molar-refractivity contribution in [2.45, 2.75) is 6.29 Å². The van der Waals surface area contributed by atoms with Crippen LogP contribution in [0.4, 0.5) is 0 Å². The Balaban J connectivity index is 1.90. The first kappa shape index (κ1) is 13.3. The van der Waals surface area contributed by atoms with E-state index < -0.39 is 0 Å². The number of benzene rings is 2. The van der Waals surface area contributed by atoms with Gasteiger partial charge in [0.05, 0.1) is 13.2 Å². The van der Waals surface area contributed by atoms with Gasteiger partial charge >= 0.3 is 0 Å². The van der Waals surface area contributed by atoms with Crippen LogP contribution in [0, 0.1) is 0 Å². The topological polar surface area (TPSA) is 35.5 Å². The van der Waals surface area contributed by atoms with Gasteiger partial charge in [-0.15, -0.1) is 0 Å². The maximum Gasteiger partial charge on any atom is 0.193 e. The summed E-state index contributed by atoms with van der Waals surface area (Å²) in [6.45, 7) is 1.16. The molecule has 20 heavy (non-hydrogen) atoms. The van der Waals surface area contributed by atoms with Crippen LogP contribution in [0.5, 0.6) is 0 Å². The zero-order valence-corrected chi connectivity index (χ0v) is 11.5. The molecule has 0 bridgehead atoms. The van der Waals surface area contributed by atoms with Crippen molar-refractivity contribution in [1.29, 1.82) is 0 Å². The number of rotatable bonds is 3. The van der Waals surface area contributed by atoms with E-state index in [4.69, 9.17) is 21.1 Å². The number of halogens is 1. The minimum atomic E-state index is -0.373. The van der Waals surface area contributed by atoms with Gasteiger partial charge in [-0.1, -0.05) is 41.9 Å². The van der Waals surface area contributed by atoms with E-state index in [9.17, 15) is 4.79 Å². The monoisotopic (exact) mass is 288 g/mol. The van der Waals surface area contributed by atoms with Gasteiger partial charge in [0.1, 0.15) is 0 Å². The van der Waals surface area contributed by atoms with E-state index >= 15 is 0 Å². The van der Waals surface area contributed by atoms with E-state index in [1.165, 1.54) is 0 Å². The number of carbonyl (C=O) groups is 1. The molecule has 3 nitrogen and oxygen atoms in total. The lowest BCUT2D eigenvalue weighted by atomic mass is 10.0. The van der Waals surface area contributed by atoms with Gasteiger partial charge in [-0.2, -0.15) is 0 Å². The van der Waals surface area contributed by atoms with Gasteiger partial charge in [0.25, 0.3) is 0 Å². The molecule has 0 atom stereocenters. The van der Waals surface area contributed by atoms with Gasteiger partial charge in [-0.05, 0) is 18.2 Å². The van der Waals surface area contributed by atoms with Crippen molar-refractivity contribution in [2.75, 3.05) is 13.2 Å². The summed E-state index contributed by atoms with van der Waals surface area (Å²) in [5.74, 6) is -0.0626. The molecular formula is C16H13ClO3. The van der Waals surface area contributed by atoms with Crippen LogP contribution in [0.15, 0.2) is 48.5 Å². The summed E-state index contributed by atoms with van der Waals surface area (Å²) in [7, 11) is 0. The minimum Gasteiger partial charge on any atom is -0.346 e. The van der Waals surface area contributed by atoms with Gasteiger partial charge < -0.3 is 9.47 Å². The van der Waals surface area contributed by atoms with E-state index in [0.29, 0.717) is 29.4 Å². The summed E-state index contributed by atoms with van der Waals surface area (Å²) in [4.78, 5) is 12.4. The summed E-state index contributed by atoms with van der Waals surface area (Å²) in [5.41, 5.74) is 2.03. The maximum atomic E-state index is 12.4. The van der Waals surface area contributed by atoms with Crippen LogP contribution in [0.1, 0.15) is 27.8 Å². The summed E-state index contributed by atoms with van der Waals surface area (Å²) < 4.78 is 10.9. The Bertz CT molecular complexity index is 633. The maximum absolute atomic E-state index is 12.4. The number of carbonyl (C=O) groups excluding carboxylic acids is 1. The van der Waals surface area contributed by atoms with Crippen LogP contribution in [0.2, 0.25) is 5.02 Å². The highest BCUT2D eigenvalue weighted by atomic mass is 35.5. The average Bonchev–Trinajstić information content (AvgIpc) is 3.01. The van der Waals surface area contributed by atoms with Crippen molar-refractivity contribution in [2.24, 2.45) is 0 Å². The predicted molar refractivity (Wildman–Crippen MR) is 76.0 cm³/mol. The van der Waals surface area contributed by atoms with Crippen LogP contribution in [-0.2, 0) is 9.47 Å². The zero-order valence-electron chi connectivity index (χ0n) is 10.7. The first-order chi connectivity index (χ1) is 9.74. The molecule has 0 unspecified atom stereocenters. The highest BCUT2D eigenvalue weighted by Crippen LogP contribution is 2.25. The van der Waals surface area contributed by atoms with E-state index in [1.54, 1.807) is 36.4 Å². The molecule has 0 saturated carbocycles. The molecule has 2 aromatic rings. The Kier molecular flexibility index (Phi) is 3.83. The number of ketones is 1. The molecule has 0 N–H and O–H groups in total. The third-order valence-corrected chi connectivity index (χ3v) is 3.36. The summed E-state index contributed by atoms with van der Waals surface area (Å²) >= 11 is 5.92. The first-order valence-electron chi connectivity index (χ1n) is 6.37. The molecule has 1 aliphatic rings. The third kappa shape index (κ3) is 2.75. The Morgan fingerprint density at radius 1 is 1.00 bits per heavy atom. The molecule has 3 rings (SSSR count). The fourth-order valence-corrected chi connectivity index (χ4v) is 2.36. The summed E-state index contributed by atoms with van der Waals surface area (Å²) in [5, 5.41) is 0.550. The van der Waals surface area contributed by atoms with Crippen molar-refractivity contribution >= 4 is 17.4 Å². The molecule has 0 aliphatic carbocycles. The number of hydrogen-bond donors (Lipinski definition) is 0. The van der Waals surface area contributed by atoms with Crippen molar-refractivity contribution in [1.82, 2.24) is 0 Å². The average molecular weight is 289 g/mol. The second-order valence-corrected chi connectivity index (χ2v) is 4.97. The predicted octanol–water partition coefficient (Wildman–Crippen LogP) is 3.62. The number of ether oxygens (including phenoxy) is 2. The number of hydrogen-bond acceptors (Lipinski definition) is 3. The Labute approximate surface area is 122 Å². The van der Waals surface area contributed by atoms with E-state index in [0.717, 1.165) is 5.56 Å². The molecular weight excluding hydrogens is 276 g/mol. The van der Waals surface area contributed by atoms with Crippen molar-refractivity contribution in [3.05, 3.63) is 70.2 Å². The van der Waals surface area contributed by atoms with Crippen molar-refractivity contribution in [3.8, 4) is 0 Å². The zero-order chi connectivity index (χ0) is 13.9. The van der Waals surface area contributed by atoms with Gasteiger partial charge in [-0.25, -0.2) is 0 Å². The van der Waals surface area contributed by atoms with Crippen LogP contribution in [0.25, 0.3) is 0 Å². The van der Waals surface area contributed by atoms with Crippen LogP contribution in [0.3, 0.4) is 0 Å². The normalized spacial score (nSPS) is 15.4. The Hall–Kier alpha value is -1.68. The smallest absolute Gasteiger partial charge is 0.193 e. The van der Waals surface area contributed by atoms with Gasteiger partial charge in [0, 0.05) is 21.7 Å². The fourth-order valence-electron chi connectivity index (χ4n) is 2.17. The molecule has 1 fully saturated rings. The van der Waals surface area contributed by atoms with Gasteiger partial charge in [0.2, 0.25) is 0 Å². The largest absolute Gasteiger partial charge is 0.346 e. The SMILES string of the molecule is O=C(c1cccc(Cl)c1)c1cccc(C2OCCO2)c1. The van der Waals surface area contributed by atoms with Gasteiger partial charge in [-0.3, -0.25) is 4.79 Å². The molecule has 0 spiro atoms. The molecule has 102 valence electrons. The van der Waals surface area contributed by atoms with E-state index in [1.807, 2.05) is 12.1 Å². The van der Waals surface area contributed by atoms with Crippen molar-refractivity contribution in [3.63, 3.8) is 0 Å². The summed E-state index contributed by atoms with van der Waals surface area (Å²) in [6.07, 6.45) is -0.373. The molecule has 0 radical (unpaired) electrons. The lowest BCUT2D eigenvalue weighted by Gasteiger charge is -2.10. The molecule has 0 amide bonds. The Morgan fingerprint density at radius 2 is 1.65 bits per heavy atom. The highest BCUT2D eigenvalue weighted by Gasteiger charge is 2.19.